The van der Waals surface area contributed by atoms with E-state index in [0.29, 0.717) is 17.0 Å². The molecule has 0 amide bonds. The minimum Gasteiger partial charge on any atom is -0.395 e. The first-order valence-corrected chi connectivity index (χ1v) is 12.1. The summed E-state index contributed by atoms with van der Waals surface area (Å²) in [5.41, 5.74) is 5.34. The third kappa shape index (κ3) is 4.24. The van der Waals surface area contributed by atoms with E-state index >= 15 is 0 Å². The van der Waals surface area contributed by atoms with Gasteiger partial charge in [-0.05, 0) is 67.8 Å². The SMILES string of the molecule is CC(C)n1c(=O)c2cnc(Nc3ccc4c(c3)CNCC4)nc2n1-c1cccc(C(C)(C)CO)c1. The van der Waals surface area contributed by atoms with Gasteiger partial charge in [0.05, 0.1) is 12.3 Å². The maximum absolute atomic E-state index is 13.3. The molecular formula is C27H32N6O2. The summed E-state index contributed by atoms with van der Waals surface area (Å²) >= 11 is 0. The van der Waals surface area contributed by atoms with Crippen LogP contribution < -0.4 is 16.2 Å². The standard InChI is InChI=1S/C27H32N6O2/c1-17(2)32-25(35)23-15-29-26(30-21-9-8-18-10-11-28-14-19(18)12-21)31-24(23)33(32)22-7-5-6-20(13-22)27(3,4)16-34/h5-9,12-13,15,17,28,34H,10-11,14,16H2,1-4H3,(H,29,30,31). The fourth-order valence-corrected chi connectivity index (χ4v) is 4.61. The number of hydrogen-bond donors (Lipinski definition) is 3. The second kappa shape index (κ2) is 8.94. The van der Waals surface area contributed by atoms with Crippen LogP contribution in [0.4, 0.5) is 11.6 Å². The van der Waals surface area contributed by atoms with Crippen LogP contribution in [0, 0.1) is 0 Å². The molecule has 182 valence electrons. The van der Waals surface area contributed by atoms with Crippen LogP contribution in [0.3, 0.4) is 0 Å². The van der Waals surface area contributed by atoms with E-state index in [1.54, 1.807) is 10.9 Å². The van der Waals surface area contributed by atoms with E-state index in [1.165, 1.54) is 11.1 Å². The van der Waals surface area contributed by atoms with E-state index in [2.05, 4.69) is 27.8 Å². The molecule has 0 aliphatic carbocycles. The largest absolute Gasteiger partial charge is 0.395 e. The van der Waals surface area contributed by atoms with Crippen molar-refractivity contribution in [3.8, 4) is 5.69 Å². The number of benzene rings is 2. The lowest BCUT2D eigenvalue weighted by molar-refractivity contribution is 0.218. The molecule has 0 atom stereocenters. The summed E-state index contributed by atoms with van der Waals surface area (Å²) in [4.78, 5) is 22.6. The number of rotatable bonds is 6. The van der Waals surface area contributed by atoms with Crippen LogP contribution in [-0.4, -0.2) is 37.6 Å². The highest BCUT2D eigenvalue weighted by atomic mass is 16.3. The minimum atomic E-state index is -0.412. The number of nitrogens with zero attached hydrogens (tertiary/aromatic N) is 4. The third-order valence-electron chi connectivity index (χ3n) is 6.73. The van der Waals surface area contributed by atoms with Crippen molar-refractivity contribution in [1.29, 1.82) is 0 Å². The Morgan fingerprint density at radius 3 is 2.77 bits per heavy atom. The number of hydrogen-bond acceptors (Lipinski definition) is 6. The fraction of sp³-hybridized carbons (Fsp3) is 0.370. The minimum absolute atomic E-state index is 0.0202. The second-order valence-electron chi connectivity index (χ2n) is 10.1. The van der Waals surface area contributed by atoms with Gasteiger partial charge in [0.25, 0.3) is 5.56 Å². The summed E-state index contributed by atoms with van der Waals surface area (Å²) in [6.07, 6.45) is 2.63. The van der Waals surface area contributed by atoms with Crippen molar-refractivity contribution in [2.75, 3.05) is 18.5 Å². The first-order chi connectivity index (χ1) is 16.8. The van der Waals surface area contributed by atoms with Gasteiger partial charge in [-0.15, -0.1) is 0 Å². The molecule has 3 heterocycles. The first-order valence-electron chi connectivity index (χ1n) is 12.1. The average molecular weight is 473 g/mol. The lowest BCUT2D eigenvalue weighted by atomic mass is 9.85. The third-order valence-corrected chi connectivity index (χ3v) is 6.73. The van der Waals surface area contributed by atoms with Gasteiger partial charge in [-0.2, -0.15) is 4.98 Å². The molecule has 0 saturated carbocycles. The summed E-state index contributed by atoms with van der Waals surface area (Å²) in [7, 11) is 0. The molecule has 0 saturated heterocycles. The van der Waals surface area contributed by atoms with E-state index in [4.69, 9.17) is 4.98 Å². The molecule has 0 fully saturated rings. The molecular weight excluding hydrogens is 440 g/mol. The molecule has 35 heavy (non-hydrogen) atoms. The van der Waals surface area contributed by atoms with Crippen LogP contribution in [0.2, 0.25) is 0 Å². The van der Waals surface area contributed by atoms with Crippen molar-refractivity contribution in [1.82, 2.24) is 24.6 Å². The molecule has 8 heteroatoms. The summed E-state index contributed by atoms with van der Waals surface area (Å²) in [6, 6.07) is 14.2. The van der Waals surface area contributed by atoms with Crippen molar-refractivity contribution in [2.45, 2.75) is 52.1 Å². The van der Waals surface area contributed by atoms with Gasteiger partial charge in [0.1, 0.15) is 5.39 Å². The summed E-state index contributed by atoms with van der Waals surface area (Å²) in [6.45, 7) is 9.81. The Bertz CT molecular complexity index is 1450. The monoisotopic (exact) mass is 472 g/mol. The summed E-state index contributed by atoms with van der Waals surface area (Å²) in [5, 5.41) is 17.1. The van der Waals surface area contributed by atoms with E-state index in [-0.39, 0.29) is 18.2 Å². The van der Waals surface area contributed by atoms with Crippen LogP contribution in [0.15, 0.2) is 53.5 Å². The van der Waals surface area contributed by atoms with Gasteiger partial charge in [-0.3, -0.25) is 4.79 Å². The van der Waals surface area contributed by atoms with Crippen molar-refractivity contribution < 1.29 is 5.11 Å². The van der Waals surface area contributed by atoms with Crippen LogP contribution in [0.5, 0.6) is 0 Å². The van der Waals surface area contributed by atoms with Gasteiger partial charge in [-0.1, -0.05) is 32.0 Å². The zero-order valence-electron chi connectivity index (χ0n) is 20.7. The zero-order valence-corrected chi connectivity index (χ0v) is 20.7. The van der Waals surface area contributed by atoms with E-state index in [9.17, 15) is 9.90 Å². The lowest BCUT2D eigenvalue weighted by Crippen LogP contribution is -2.25. The molecule has 0 bridgehead atoms. The normalized spacial score (nSPS) is 13.9. The molecule has 2 aromatic carbocycles. The Morgan fingerprint density at radius 1 is 1.17 bits per heavy atom. The van der Waals surface area contributed by atoms with E-state index < -0.39 is 5.41 Å². The number of nitrogens with one attached hydrogen (secondary N) is 2. The topological polar surface area (TPSA) is 97.0 Å². The van der Waals surface area contributed by atoms with Crippen molar-refractivity contribution in [2.24, 2.45) is 0 Å². The Balaban J connectivity index is 1.62. The molecule has 2 aromatic heterocycles. The Morgan fingerprint density at radius 2 is 2.00 bits per heavy atom. The van der Waals surface area contributed by atoms with Crippen molar-refractivity contribution >= 4 is 22.7 Å². The fourth-order valence-electron chi connectivity index (χ4n) is 4.61. The Labute approximate surface area is 204 Å². The van der Waals surface area contributed by atoms with Crippen LogP contribution in [0.25, 0.3) is 16.7 Å². The highest BCUT2D eigenvalue weighted by molar-refractivity contribution is 5.77. The number of aliphatic hydroxyl groups excluding tert-OH is 1. The van der Waals surface area contributed by atoms with Gasteiger partial charge in [0.15, 0.2) is 5.65 Å². The van der Waals surface area contributed by atoms with Crippen LogP contribution >= 0.6 is 0 Å². The van der Waals surface area contributed by atoms with Crippen LogP contribution in [0.1, 0.15) is 50.4 Å². The molecule has 0 spiro atoms. The highest BCUT2D eigenvalue weighted by Crippen LogP contribution is 2.27. The van der Waals surface area contributed by atoms with Crippen LogP contribution in [-0.2, 0) is 18.4 Å². The Hall–Kier alpha value is -3.49. The molecule has 8 nitrogen and oxygen atoms in total. The van der Waals surface area contributed by atoms with E-state index in [1.807, 2.05) is 62.7 Å². The Kier molecular flexibility index (Phi) is 5.94. The average Bonchev–Trinajstić information content (AvgIpc) is 3.16. The molecule has 0 unspecified atom stereocenters. The number of fused-ring (bicyclic) bond motifs is 2. The summed E-state index contributed by atoms with van der Waals surface area (Å²) < 4.78 is 3.57. The molecule has 3 N–H and O–H groups in total. The quantitative estimate of drug-likeness (QED) is 0.395. The number of aromatic nitrogens is 4. The maximum atomic E-state index is 13.3. The van der Waals surface area contributed by atoms with Gasteiger partial charge in [0.2, 0.25) is 5.95 Å². The van der Waals surface area contributed by atoms with Crippen molar-refractivity contribution in [3.05, 3.63) is 75.7 Å². The van der Waals surface area contributed by atoms with Gasteiger partial charge in [0, 0.05) is 29.9 Å². The molecule has 1 aliphatic heterocycles. The lowest BCUT2D eigenvalue weighted by Gasteiger charge is -2.24. The van der Waals surface area contributed by atoms with E-state index in [0.717, 1.165) is 36.4 Å². The predicted molar refractivity (Wildman–Crippen MR) is 139 cm³/mol. The predicted octanol–water partition coefficient (Wildman–Crippen LogP) is 3.82. The molecule has 4 aromatic rings. The molecule has 1 aliphatic rings. The summed E-state index contributed by atoms with van der Waals surface area (Å²) in [5.74, 6) is 0.433. The second-order valence-corrected chi connectivity index (χ2v) is 10.1. The maximum Gasteiger partial charge on any atom is 0.278 e. The number of aliphatic hydroxyl groups is 1. The smallest absolute Gasteiger partial charge is 0.278 e. The zero-order chi connectivity index (χ0) is 24.7. The number of anilines is 2. The van der Waals surface area contributed by atoms with Gasteiger partial charge < -0.3 is 15.7 Å². The van der Waals surface area contributed by atoms with Crippen molar-refractivity contribution in [3.63, 3.8) is 0 Å². The van der Waals surface area contributed by atoms with Gasteiger partial charge >= 0.3 is 0 Å². The van der Waals surface area contributed by atoms with Gasteiger partial charge in [-0.25, -0.2) is 14.3 Å². The highest BCUT2D eigenvalue weighted by Gasteiger charge is 2.23. The molecule has 0 radical (unpaired) electrons. The first kappa shape index (κ1) is 23.3. The molecule has 5 rings (SSSR count).